The van der Waals surface area contributed by atoms with Crippen LogP contribution in [0.2, 0.25) is 5.02 Å². The minimum Gasteiger partial charge on any atom is -0.495 e. The molecule has 2 N–H and O–H groups in total. The summed E-state index contributed by atoms with van der Waals surface area (Å²) in [6.07, 6.45) is 1.41. The van der Waals surface area contributed by atoms with Crippen LogP contribution in [-0.2, 0) is 9.59 Å². The molecular weight excluding hydrogens is 482 g/mol. The van der Waals surface area contributed by atoms with Crippen LogP contribution in [0, 0.1) is 11.3 Å². The van der Waals surface area contributed by atoms with Gasteiger partial charge in [0.05, 0.1) is 24.4 Å². The number of carbonyl (C=O) groups is 2. The Bertz CT molecular complexity index is 1300. The number of amides is 2. The molecule has 0 radical (unpaired) electrons. The third kappa shape index (κ3) is 7.26. The van der Waals surface area contributed by atoms with E-state index in [2.05, 4.69) is 10.6 Å². The molecule has 0 aliphatic heterocycles. The van der Waals surface area contributed by atoms with Crippen LogP contribution in [0.4, 0.5) is 11.4 Å². The van der Waals surface area contributed by atoms with Gasteiger partial charge in [0.15, 0.2) is 6.61 Å². The van der Waals surface area contributed by atoms with Gasteiger partial charge in [-0.15, -0.1) is 0 Å². The largest absolute Gasteiger partial charge is 0.495 e. The van der Waals surface area contributed by atoms with Crippen molar-refractivity contribution in [2.75, 3.05) is 31.0 Å². The Labute approximate surface area is 214 Å². The van der Waals surface area contributed by atoms with Gasteiger partial charge in [-0.3, -0.25) is 9.59 Å². The van der Waals surface area contributed by atoms with Crippen molar-refractivity contribution in [2.45, 2.75) is 6.92 Å². The van der Waals surface area contributed by atoms with E-state index in [-0.39, 0.29) is 23.0 Å². The van der Waals surface area contributed by atoms with Crippen LogP contribution >= 0.6 is 11.6 Å². The van der Waals surface area contributed by atoms with Gasteiger partial charge in [0.1, 0.15) is 28.9 Å². The fourth-order valence-corrected chi connectivity index (χ4v) is 3.36. The monoisotopic (exact) mass is 505 g/mol. The van der Waals surface area contributed by atoms with Crippen molar-refractivity contribution in [3.63, 3.8) is 0 Å². The summed E-state index contributed by atoms with van der Waals surface area (Å²) in [5.41, 5.74) is 1.46. The molecular formula is C27H24ClN3O5. The second kappa shape index (κ2) is 12.8. The predicted octanol–water partition coefficient (Wildman–Crippen LogP) is 5.31. The molecule has 9 heteroatoms. The standard InChI is InChI=1S/C27H24ClN3O5/c1-3-35-21-11-9-20(10-12-21)30-27(33)19(16-29)14-18-8-13-24(22(28)15-18)36-17-26(32)31-23-6-4-5-7-25(23)34-2/h4-15H,3,17H2,1-2H3,(H,30,33)(H,31,32)/b19-14+. The molecule has 0 saturated carbocycles. The molecule has 0 bridgehead atoms. The van der Waals surface area contributed by atoms with Crippen molar-refractivity contribution < 1.29 is 23.8 Å². The van der Waals surface area contributed by atoms with Gasteiger partial charge >= 0.3 is 0 Å². The molecule has 0 unspecified atom stereocenters. The minimum absolute atomic E-state index is 0.107. The van der Waals surface area contributed by atoms with Gasteiger partial charge in [-0.1, -0.05) is 29.8 Å². The molecule has 0 spiro atoms. The topological polar surface area (TPSA) is 110 Å². The van der Waals surface area contributed by atoms with Crippen molar-refractivity contribution in [3.8, 4) is 23.3 Å². The smallest absolute Gasteiger partial charge is 0.266 e. The molecule has 0 atom stereocenters. The summed E-state index contributed by atoms with van der Waals surface area (Å²) in [6.45, 7) is 2.14. The molecule has 3 aromatic carbocycles. The molecule has 0 saturated heterocycles. The highest BCUT2D eigenvalue weighted by Gasteiger charge is 2.12. The first kappa shape index (κ1) is 26.1. The maximum absolute atomic E-state index is 12.5. The Hall–Kier alpha value is -4.48. The molecule has 0 fully saturated rings. The third-order valence-corrected chi connectivity index (χ3v) is 5.09. The third-order valence-electron chi connectivity index (χ3n) is 4.80. The van der Waals surface area contributed by atoms with E-state index in [1.807, 2.05) is 13.0 Å². The van der Waals surface area contributed by atoms with Crippen LogP contribution in [-0.4, -0.2) is 32.1 Å². The summed E-state index contributed by atoms with van der Waals surface area (Å²) in [5.74, 6) is 0.533. The molecule has 2 amide bonds. The average molecular weight is 506 g/mol. The summed E-state index contributed by atoms with van der Waals surface area (Å²) in [6, 6.07) is 20.5. The molecule has 36 heavy (non-hydrogen) atoms. The summed E-state index contributed by atoms with van der Waals surface area (Å²) < 4.78 is 16.1. The van der Waals surface area contributed by atoms with Crippen molar-refractivity contribution in [1.29, 1.82) is 5.26 Å². The first-order valence-electron chi connectivity index (χ1n) is 10.9. The first-order chi connectivity index (χ1) is 17.4. The number of nitriles is 1. The van der Waals surface area contributed by atoms with Gasteiger partial charge in [-0.2, -0.15) is 5.26 Å². The van der Waals surface area contributed by atoms with Crippen LogP contribution in [0.15, 0.2) is 72.3 Å². The van der Waals surface area contributed by atoms with E-state index >= 15 is 0 Å². The number of anilines is 2. The Morgan fingerprint density at radius 3 is 2.42 bits per heavy atom. The maximum atomic E-state index is 12.5. The highest BCUT2D eigenvalue weighted by atomic mass is 35.5. The Balaban J connectivity index is 1.62. The van der Waals surface area contributed by atoms with Gasteiger partial charge in [-0.25, -0.2) is 0 Å². The van der Waals surface area contributed by atoms with Gasteiger partial charge in [0.2, 0.25) is 0 Å². The number of hydrogen-bond donors (Lipinski definition) is 2. The fraction of sp³-hybridized carbons (Fsp3) is 0.148. The number of para-hydroxylation sites is 2. The zero-order valence-corrected chi connectivity index (χ0v) is 20.5. The number of nitrogens with one attached hydrogen (secondary N) is 2. The van der Waals surface area contributed by atoms with E-state index in [0.717, 1.165) is 0 Å². The van der Waals surface area contributed by atoms with E-state index in [4.69, 9.17) is 25.8 Å². The lowest BCUT2D eigenvalue weighted by atomic mass is 10.1. The number of ether oxygens (including phenoxy) is 3. The van der Waals surface area contributed by atoms with E-state index in [9.17, 15) is 14.9 Å². The van der Waals surface area contributed by atoms with E-state index in [1.165, 1.54) is 19.3 Å². The number of hydrogen-bond acceptors (Lipinski definition) is 6. The second-order valence-corrected chi connectivity index (χ2v) is 7.72. The van der Waals surface area contributed by atoms with E-state index < -0.39 is 11.8 Å². The number of rotatable bonds is 10. The Morgan fingerprint density at radius 1 is 1.00 bits per heavy atom. The highest BCUT2D eigenvalue weighted by Crippen LogP contribution is 2.27. The van der Waals surface area contributed by atoms with Gasteiger partial charge in [-0.05, 0) is 67.1 Å². The molecule has 3 aromatic rings. The molecule has 3 rings (SSSR count). The van der Waals surface area contributed by atoms with Crippen molar-refractivity contribution in [3.05, 3.63) is 82.9 Å². The molecule has 0 heterocycles. The van der Waals surface area contributed by atoms with Crippen molar-refractivity contribution in [2.24, 2.45) is 0 Å². The summed E-state index contributed by atoms with van der Waals surface area (Å²) in [4.78, 5) is 24.8. The lowest BCUT2D eigenvalue weighted by molar-refractivity contribution is -0.118. The van der Waals surface area contributed by atoms with Crippen molar-refractivity contribution in [1.82, 2.24) is 0 Å². The lowest BCUT2D eigenvalue weighted by Gasteiger charge is -2.11. The zero-order chi connectivity index (χ0) is 25.9. The first-order valence-corrected chi connectivity index (χ1v) is 11.3. The number of benzene rings is 3. The molecule has 8 nitrogen and oxygen atoms in total. The molecule has 0 aromatic heterocycles. The summed E-state index contributed by atoms with van der Waals surface area (Å²) in [7, 11) is 1.51. The number of nitrogens with zero attached hydrogens (tertiary/aromatic N) is 1. The quantitative estimate of drug-likeness (QED) is 0.285. The highest BCUT2D eigenvalue weighted by molar-refractivity contribution is 6.32. The second-order valence-electron chi connectivity index (χ2n) is 7.31. The van der Waals surface area contributed by atoms with Crippen LogP contribution in [0.25, 0.3) is 6.08 Å². The summed E-state index contributed by atoms with van der Waals surface area (Å²) in [5, 5.41) is 15.1. The van der Waals surface area contributed by atoms with E-state index in [1.54, 1.807) is 60.7 Å². The van der Waals surface area contributed by atoms with Crippen LogP contribution in [0.3, 0.4) is 0 Å². The summed E-state index contributed by atoms with van der Waals surface area (Å²) >= 11 is 6.30. The Morgan fingerprint density at radius 2 is 1.75 bits per heavy atom. The normalized spacial score (nSPS) is 10.7. The van der Waals surface area contributed by atoms with Gasteiger partial charge < -0.3 is 24.8 Å². The fourth-order valence-electron chi connectivity index (χ4n) is 3.12. The van der Waals surface area contributed by atoms with Crippen LogP contribution in [0.5, 0.6) is 17.2 Å². The van der Waals surface area contributed by atoms with E-state index in [0.29, 0.717) is 35.0 Å². The number of methoxy groups -OCH3 is 1. The zero-order valence-electron chi connectivity index (χ0n) is 19.7. The number of halogens is 1. The molecule has 0 aliphatic carbocycles. The number of carbonyl (C=O) groups excluding carboxylic acids is 2. The van der Waals surface area contributed by atoms with Crippen LogP contribution in [0.1, 0.15) is 12.5 Å². The SMILES string of the molecule is CCOc1ccc(NC(=O)/C(C#N)=C/c2ccc(OCC(=O)Nc3ccccc3OC)c(Cl)c2)cc1. The van der Waals surface area contributed by atoms with Gasteiger partial charge in [0.25, 0.3) is 11.8 Å². The maximum Gasteiger partial charge on any atom is 0.266 e. The van der Waals surface area contributed by atoms with Crippen LogP contribution < -0.4 is 24.8 Å². The molecule has 0 aliphatic rings. The molecule has 184 valence electrons. The minimum atomic E-state index is -0.564. The average Bonchev–Trinajstić information content (AvgIpc) is 2.88. The van der Waals surface area contributed by atoms with Gasteiger partial charge in [0, 0.05) is 5.69 Å². The predicted molar refractivity (Wildman–Crippen MR) is 138 cm³/mol. The van der Waals surface area contributed by atoms with Crippen molar-refractivity contribution >= 4 is 40.9 Å². The Kier molecular flexibility index (Phi) is 9.32. The lowest BCUT2D eigenvalue weighted by Crippen LogP contribution is -2.20.